The van der Waals surface area contributed by atoms with Crippen molar-refractivity contribution in [1.29, 1.82) is 0 Å². The predicted molar refractivity (Wildman–Crippen MR) is 70.9 cm³/mol. The van der Waals surface area contributed by atoms with Gasteiger partial charge in [0.15, 0.2) is 6.61 Å². The van der Waals surface area contributed by atoms with Gasteiger partial charge in [-0.3, -0.25) is 4.79 Å². The summed E-state index contributed by atoms with van der Waals surface area (Å²) in [5.74, 6) is -0.542. The van der Waals surface area contributed by atoms with Crippen LogP contribution in [-0.2, 0) is 16.6 Å². The normalized spacial score (nSPS) is 15.4. The van der Waals surface area contributed by atoms with E-state index in [4.69, 9.17) is 4.74 Å². The summed E-state index contributed by atoms with van der Waals surface area (Å²) in [5.41, 5.74) is 1.46. The molecule has 0 radical (unpaired) electrons. The Morgan fingerprint density at radius 3 is 2.47 bits per heavy atom. The quantitative estimate of drug-likeness (QED) is 0.777. The van der Waals surface area contributed by atoms with Crippen LogP contribution in [0.4, 0.5) is 0 Å². The van der Waals surface area contributed by atoms with Crippen molar-refractivity contribution >= 4 is 11.9 Å². The Balaban J connectivity index is 1.86. The summed E-state index contributed by atoms with van der Waals surface area (Å²) >= 11 is 0. The lowest BCUT2D eigenvalue weighted by Crippen LogP contribution is -2.38. The molecule has 1 amide bonds. The van der Waals surface area contributed by atoms with E-state index in [-0.39, 0.29) is 12.5 Å². The summed E-state index contributed by atoms with van der Waals surface area (Å²) in [7, 11) is 1.80. The van der Waals surface area contributed by atoms with Crippen LogP contribution in [0, 0.1) is 6.92 Å². The highest BCUT2D eigenvalue weighted by Crippen LogP contribution is 2.10. The Hall–Kier alpha value is -1.78. The smallest absolute Gasteiger partial charge is 0.355 e. The molecule has 0 unspecified atom stereocenters. The fraction of sp³-hybridized carbons (Fsp3) is 0.571. The second-order valence-electron chi connectivity index (χ2n) is 4.94. The van der Waals surface area contributed by atoms with Crippen molar-refractivity contribution in [2.45, 2.75) is 26.2 Å². The van der Waals surface area contributed by atoms with Crippen LogP contribution in [0.3, 0.4) is 0 Å². The zero-order chi connectivity index (χ0) is 13.8. The third kappa shape index (κ3) is 3.16. The molecule has 1 aliphatic rings. The fourth-order valence-corrected chi connectivity index (χ4v) is 2.25. The largest absolute Gasteiger partial charge is 0.451 e. The Morgan fingerprint density at radius 1 is 1.21 bits per heavy atom. The Labute approximate surface area is 113 Å². The highest BCUT2D eigenvalue weighted by atomic mass is 16.5. The summed E-state index contributed by atoms with van der Waals surface area (Å²) in [6, 6.07) is 3.56. The molecular formula is C14H20N2O3. The van der Waals surface area contributed by atoms with E-state index in [1.165, 1.54) is 6.42 Å². The molecule has 1 fully saturated rings. The number of amides is 1. The van der Waals surface area contributed by atoms with Gasteiger partial charge in [-0.1, -0.05) is 0 Å². The number of piperidine rings is 1. The molecule has 0 N–H and O–H groups in total. The van der Waals surface area contributed by atoms with Gasteiger partial charge in [0.05, 0.1) is 0 Å². The van der Waals surface area contributed by atoms with E-state index < -0.39 is 5.97 Å². The topological polar surface area (TPSA) is 51.5 Å². The van der Waals surface area contributed by atoms with E-state index in [9.17, 15) is 9.59 Å². The lowest BCUT2D eigenvalue weighted by molar-refractivity contribution is -0.135. The molecule has 19 heavy (non-hydrogen) atoms. The van der Waals surface area contributed by atoms with E-state index in [1.807, 2.05) is 13.0 Å². The van der Waals surface area contributed by atoms with Crippen LogP contribution in [0.5, 0.6) is 0 Å². The Morgan fingerprint density at radius 2 is 1.89 bits per heavy atom. The van der Waals surface area contributed by atoms with Crippen molar-refractivity contribution in [3.8, 4) is 0 Å². The van der Waals surface area contributed by atoms with Gasteiger partial charge < -0.3 is 14.2 Å². The lowest BCUT2D eigenvalue weighted by Gasteiger charge is -2.26. The van der Waals surface area contributed by atoms with E-state index >= 15 is 0 Å². The third-order valence-corrected chi connectivity index (χ3v) is 3.62. The molecule has 0 saturated carbocycles. The number of esters is 1. The predicted octanol–water partition coefficient (Wildman–Crippen LogP) is 1.50. The molecule has 2 rings (SSSR count). The van der Waals surface area contributed by atoms with Crippen LogP contribution >= 0.6 is 0 Å². The minimum atomic E-state index is -0.444. The maximum atomic E-state index is 11.9. The van der Waals surface area contributed by atoms with E-state index in [1.54, 1.807) is 22.6 Å². The first-order chi connectivity index (χ1) is 9.09. The number of carbonyl (C=O) groups excluding carboxylic acids is 2. The number of likely N-dealkylation sites (tertiary alicyclic amines) is 1. The first kappa shape index (κ1) is 13.6. The van der Waals surface area contributed by atoms with E-state index in [0.29, 0.717) is 5.69 Å². The molecule has 0 bridgehead atoms. The highest BCUT2D eigenvalue weighted by molar-refractivity contribution is 5.90. The molecule has 2 heterocycles. The van der Waals surface area contributed by atoms with Gasteiger partial charge in [0.2, 0.25) is 0 Å². The Bertz CT molecular complexity index is 473. The number of ether oxygens (including phenoxy) is 1. The van der Waals surface area contributed by atoms with Crippen LogP contribution in [0.15, 0.2) is 12.1 Å². The van der Waals surface area contributed by atoms with Gasteiger partial charge in [-0.25, -0.2) is 4.79 Å². The average molecular weight is 264 g/mol. The van der Waals surface area contributed by atoms with Gasteiger partial charge in [-0.15, -0.1) is 0 Å². The van der Waals surface area contributed by atoms with Crippen molar-refractivity contribution in [2.75, 3.05) is 19.7 Å². The zero-order valence-electron chi connectivity index (χ0n) is 11.5. The molecule has 0 aromatic carbocycles. The van der Waals surface area contributed by atoms with Gasteiger partial charge in [-0.2, -0.15) is 0 Å². The van der Waals surface area contributed by atoms with E-state index in [0.717, 1.165) is 31.6 Å². The molecular weight excluding hydrogens is 244 g/mol. The summed E-state index contributed by atoms with van der Waals surface area (Å²) in [5, 5.41) is 0. The first-order valence-corrected chi connectivity index (χ1v) is 6.67. The monoisotopic (exact) mass is 264 g/mol. The summed E-state index contributed by atoms with van der Waals surface area (Å²) in [6.45, 7) is 3.30. The van der Waals surface area contributed by atoms with Crippen LogP contribution < -0.4 is 0 Å². The number of hydrogen-bond donors (Lipinski definition) is 0. The number of hydrogen-bond acceptors (Lipinski definition) is 3. The zero-order valence-corrected chi connectivity index (χ0v) is 11.5. The third-order valence-electron chi connectivity index (χ3n) is 3.62. The van der Waals surface area contributed by atoms with Crippen molar-refractivity contribution < 1.29 is 14.3 Å². The highest BCUT2D eigenvalue weighted by Gasteiger charge is 2.19. The molecule has 1 aromatic heterocycles. The van der Waals surface area contributed by atoms with Crippen LogP contribution in [0.25, 0.3) is 0 Å². The first-order valence-electron chi connectivity index (χ1n) is 6.67. The van der Waals surface area contributed by atoms with Crippen molar-refractivity contribution in [2.24, 2.45) is 7.05 Å². The molecule has 0 aliphatic carbocycles. The van der Waals surface area contributed by atoms with Gasteiger partial charge in [0.1, 0.15) is 5.69 Å². The minimum absolute atomic E-state index is 0.0982. The molecule has 5 heteroatoms. The van der Waals surface area contributed by atoms with Gasteiger partial charge in [-0.05, 0) is 38.3 Å². The molecule has 104 valence electrons. The number of nitrogens with zero attached hydrogens (tertiary/aromatic N) is 2. The van der Waals surface area contributed by atoms with Crippen molar-refractivity contribution in [3.05, 3.63) is 23.5 Å². The second kappa shape index (κ2) is 5.91. The number of aromatic nitrogens is 1. The number of aryl methyl sites for hydroxylation is 1. The molecule has 1 aliphatic heterocycles. The molecule has 0 atom stereocenters. The summed E-state index contributed by atoms with van der Waals surface area (Å²) in [6.07, 6.45) is 3.25. The lowest BCUT2D eigenvalue weighted by atomic mass is 10.1. The molecule has 5 nitrogen and oxygen atoms in total. The van der Waals surface area contributed by atoms with Crippen LogP contribution in [-0.4, -0.2) is 41.0 Å². The van der Waals surface area contributed by atoms with Crippen molar-refractivity contribution in [1.82, 2.24) is 9.47 Å². The maximum absolute atomic E-state index is 11.9. The Kier molecular flexibility index (Phi) is 4.24. The van der Waals surface area contributed by atoms with E-state index in [2.05, 4.69) is 0 Å². The fourth-order valence-electron chi connectivity index (χ4n) is 2.25. The minimum Gasteiger partial charge on any atom is -0.451 e. The second-order valence-corrected chi connectivity index (χ2v) is 4.94. The summed E-state index contributed by atoms with van der Waals surface area (Å²) in [4.78, 5) is 25.5. The van der Waals surface area contributed by atoms with Gasteiger partial charge in [0, 0.05) is 25.8 Å². The van der Waals surface area contributed by atoms with Gasteiger partial charge >= 0.3 is 5.97 Å². The molecule has 0 spiro atoms. The van der Waals surface area contributed by atoms with Crippen LogP contribution in [0.2, 0.25) is 0 Å². The average Bonchev–Trinajstić information content (AvgIpc) is 2.77. The number of rotatable bonds is 3. The maximum Gasteiger partial charge on any atom is 0.355 e. The standard InChI is InChI=1S/C14H20N2O3/c1-11-6-7-12(15(11)2)14(18)19-10-13(17)16-8-4-3-5-9-16/h6-7H,3-5,8-10H2,1-2H3. The van der Waals surface area contributed by atoms with Crippen molar-refractivity contribution in [3.63, 3.8) is 0 Å². The van der Waals surface area contributed by atoms with Gasteiger partial charge in [0.25, 0.3) is 5.91 Å². The molecule has 1 aromatic rings. The molecule has 1 saturated heterocycles. The number of carbonyl (C=O) groups is 2. The van der Waals surface area contributed by atoms with Crippen LogP contribution in [0.1, 0.15) is 35.4 Å². The SMILES string of the molecule is Cc1ccc(C(=O)OCC(=O)N2CCCCC2)n1C. The summed E-state index contributed by atoms with van der Waals surface area (Å²) < 4.78 is 6.84.